The number of hydrogen-bond acceptors (Lipinski definition) is 7. The molecule has 0 heterocycles. The van der Waals surface area contributed by atoms with Gasteiger partial charge in [-0.2, -0.15) is 0 Å². The number of hydrogen-bond donors (Lipinski definition) is 4. The summed E-state index contributed by atoms with van der Waals surface area (Å²) in [5.41, 5.74) is 0. The summed E-state index contributed by atoms with van der Waals surface area (Å²) < 4.78 is 22.4. The number of phosphoric ester groups is 1. The molecule has 0 unspecified atom stereocenters. The minimum atomic E-state index is -3.87. The van der Waals surface area contributed by atoms with Crippen LogP contribution in [-0.2, 0) is 13.6 Å². The quantitative estimate of drug-likeness (QED) is 0.0359. The van der Waals surface area contributed by atoms with Crippen molar-refractivity contribution >= 4 is 7.82 Å². The minimum absolute atomic E-state index is 0.0694. The van der Waals surface area contributed by atoms with Gasteiger partial charge in [-0.1, -0.05) is 206 Å². The number of aliphatic hydroxyl groups is 3. The molecule has 0 aliphatic carbocycles. The molecule has 0 saturated carbocycles. The van der Waals surface area contributed by atoms with Crippen LogP contribution in [-0.4, -0.2) is 77.8 Å². The first kappa shape index (κ1) is 53.1. The molecule has 0 atom stereocenters. The third-order valence-electron chi connectivity index (χ3n) is 9.75. The Bertz CT molecular complexity index is 617. The van der Waals surface area contributed by atoms with Crippen molar-refractivity contribution in [3.63, 3.8) is 0 Å². The summed E-state index contributed by atoms with van der Waals surface area (Å²) in [6, 6.07) is 0. The first-order valence-corrected chi connectivity index (χ1v) is 23.6. The summed E-state index contributed by atoms with van der Waals surface area (Å²) in [7, 11) is -3.87. The van der Waals surface area contributed by atoms with E-state index in [1.807, 2.05) is 0 Å². The summed E-state index contributed by atoms with van der Waals surface area (Å²) in [4.78, 5) is 11.7. The van der Waals surface area contributed by atoms with Gasteiger partial charge in [0.2, 0.25) is 0 Å². The van der Waals surface area contributed by atoms with Gasteiger partial charge in [-0.3, -0.25) is 13.9 Å². The maximum absolute atomic E-state index is 12.0. The van der Waals surface area contributed by atoms with Gasteiger partial charge >= 0.3 is 7.82 Å². The molecule has 0 aliphatic rings. The van der Waals surface area contributed by atoms with Crippen molar-refractivity contribution in [2.75, 3.05) is 52.7 Å². The van der Waals surface area contributed by atoms with Crippen LogP contribution in [0.3, 0.4) is 0 Å². The molecule has 310 valence electrons. The topological polar surface area (TPSA) is 120 Å². The molecule has 51 heavy (non-hydrogen) atoms. The Kier molecular flexibility index (Phi) is 48.0. The lowest BCUT2D eigenvalue weighted by molar-refractivity contribution is 0.136. The van der Waals surface area contributed by atoms with Crippen molar-refractivity contribution < 1.29 is 33.8 Å². The highest BCUT2D eigenvalue weighted by atomic mass is 31.2. The van der Waals surface area contributed by atoms with Crippen molar-refractivity contribution in [1.82, 2.24) is 4.90 Å². The minimum Gasteiger partial charge on any atom is -0.395 e. The standard InChI is InChI=1S/C36H75O4P.C6H15NO3/c1-3-5-7-9-11-13-15-17-19-21-23-25-27-29-31-33-35-39-41(37,38)40-36-34-32-30-28-26-24-22-20-18-16-14-12-10-8-6-4-2;8-4-1-7(2-5-9)3-6-10/h3-36H2,1-2H3,(H,37,38);8-10H,1-6H2. The van der Waals surface area contributed by atoms with E-state index in [0.29, 0.717) is 32.8 Å². The van der Waals surface area contributed by atoms with Crippen LogP contribution in [0.4, 0.5) is 0 Å². The van der Waals surface area contributed by atoms with E-state index in [0.717, 1.165) is 25.7 Å². The molecular formula is C42H90NO7P. The molecule has 0 saturated heterocycles. The Morgan fingerprint density at radius 1 is 0.373 bits per heavy atom. The number of nitrogens with zero attached hydrogens (tertiary/aromatic N) is 1. The van der Waals surface area contributed by atoms with Crippen molar-refractivity contribution in [3.05, 3.63) is 0 Å². The predicted molar refractivity (Wildman–Crippen MR) is 219 cm³/mol. The maximum Gasteiger partial charge on any atom is 0.472 e. The molecule has 8 nitrogen and oxygen atoms in total. The van der Waals surface area contributed by atoms with Gasteiger partial charge < -0.3 is 20.2 Å². The lowest BCUT2D eigenvalue weighted by atomic mass is 10.0. The predicted octanol–water partition coefficient (Wildman–Crippen LogP) is 11.9. The van der Waals surface area contributed by atoms with Gasteiger partial charge in [0.25, 0.3) is 0 Å². The van der Waals surface area contributed by atoms with Crippen molar-refractivity contribution in [3.8, 4) is 0 Å². The third kappa shape index (κ3) is 47.9. The molecule has 0 aliphatic heterocycles. The lowest BCUT2D eigenvalue weighted by Gasteiger charge is -2.17. The van der Waals surface area contributed by atoms with E-state index in [1.165, 1.54) is 180 Å². The van der Waals surface area contributed by atoms with Gasteiger partial charge in [0.15, 0.2) is 0 Å². The smallest absolute Gasteiger partial charge is 0.395 e. The van der Waals surface area contributed by atoms with E-state index in [4.69, 9.17) is 24.4 Å². The molecule has 0 aromatic rings. The molecule has 0 fully saturated rings. The van der Waals surface area contributed by atoms with Crippen LogP contribution < -0.4 is 0 Å². The second-order valence-corrected chi connectivity index (χ2v) is 16.2. The van der Waals surface area contributed by atoms with Crippen LogP contribution in [0.1, 0.15) is 219 Å². The van der Waals surface area contributed by atoms with E-state index in [-0.39, 0.29) is 19.8 Å². The Morgan fingerprint density at radius 3 is 0.765 bits per heavy atom. The van der Waals surface area contributed by atoms with Crippen LogP contribution >= 0.6 is 7.82 Å². The molecule has 0 bridgehead atoms. The largest absolute Gasteiger partial charge is 0.472 e. The molecule has 0 aromatic carbocycles. The second kappa shape index (κ2) is 46.1. The number of aliphatic hydroxyl groups excluding tert-OH is 3. The normalized spacial score (nSPS) is 11.7. The zero-order valence-electron chi connectivity index (χ0n) is 34.2. The third-order valence-corrected chi connectivity index (χ3v) is 10.8. The Balaban J connectivity index is 0. The average molecular weight is 752 g/mol. The maximum atomic E-state index is 12.0. The molecule has 0 rings (SSSR count). The van der Waals surface area contributed by atoms with Gasteiger partial charge in [0, 0.05) is 19.6 Å². The highest BCUT2D eigenvalue weighted by molar-refractivity contribution is 7.47. The SMILES string of the molecule is CCCCCCCCCCCCCCCCCCOP(=O)(O)OCCCCCCCCCCCCCCCCCC.OCCN(CCO)CCO. The molecule has 0 spiro atoms. The average Bonchev–Trinajstić information content (AvgIpc) is 3.11. The van der Waals surface area contributed by atoms with Gasteiger partial charge in [0.1, 0.15) is 0 Å². The summed E-state index contributed by atoms with van der Waals surface area (Å²) in [5, 5.41) is 25.5. The first-order chi connectivity index (χ1) is 25.0. The van der Waals surface area contributed by atoms with Crippen molar-refractivity contribution in [2.24, 2.45) is 0 Å². The molecule has 9 heteroatoms. The fraction of sp³-hybridized carbons (Fsp3) is 1.00. The van der Waals surface area contributed by atoms with Gasteiger partial charge in [-0.25, -0.2) is 4.57 Å². The second-order valence-electron chi connectivity index (χ2n) is 14.8. The molecule has 0 radical (unpaired) electrons. The van der Waals surface area contributed by atoms with Crippen LogP contribution in [0.2, 0.25) is 0 Å². The summed E-state index contributed by atoms with van der Waals surface area (Å²) >= 11 is 0. The lowest BCUT2D eigenvalue weighted by Crippen LogP contribution is -2.32. The number of unbranched alkanes of at least 4 members (excludes halogenated alkanes) is 30. The zero-order valence-corrected chi connectivity index (χ0v) is 35.1. The van der Waals surface area contributed by atoms with Crippen molar-refractivity contribution in [2.45, 2.75) is 219 Å². The molecular weight excluding hydrogens is 661 g/mol. The van der Waals surface area contributed by atoms with Crippen LogP contribution in [0, 0.1) is 0 Å². The van der Waals surface area contributed by atoms with Crippen LogP contribution in [0.25, 0.3) is 0 Å². The molecule has 4 N–H and O–H groups in total. The molecule has 0 amide bonds. The Hall–Kier alpha value is -0.0500. The fourth-order valence-corrected chi connectivity index (χ4v) is 7.25. The van der Waals surface area contributed by atoms with E-state index in [9.17, 15) is 9.46 Å². The van der Waals surface area contributed by atoms with E-state index in [1.54, 1.807) is 4.90 Å². The van der Waals surface area contributed by atoms with Crippen LogP contribution in [0.5, 0.6) is 0 Å². The highest BCUT2D eigenvalue weighted by Gasteiger charge is 2.19. The van der Waals surface area contributed by atoms with Gasteiger partial charge in [-0.15, -0.1) is 0 Å². The zero-order chi connectivity index (χ0) is 37.8. The van der Waals surface area contributed by atoms with E-state index < -0.39 is 7.82 Å². The Morgan fingerprint density at radius 2 is 0.569 bits per heavy atom. The first-order valence-electron chi connectivity index (χ1n) is 22.1. The summed E-state index contributed by atoms with van der Waals surface area (Å²) in [6.07, 6.45) is 42.2. The van der Waals surface area contributed by atoms with E-state index >= 15 is 0 Å². The van der Waals surface area contributed by atoms with Crippen LogP contribution in [0.15, 0.2) is 0 Å². The summed E-state index contributed by atoms with van der Waals surface area (Å²) in [6.45, 7) is 6.96. The van der Waals surface area contributed by atoms with Gasteiger partial charge in [-0.05, 0) is 12.8 Å². The Labute approximate surface area is 317 Å². The number of rotatable bonds is 42. The van der Waals surface area contributed by atoms with E-state index in [2.05, 4.69) is 13.8 Å². The van der Waals surface area contributed by atoms with Crippen molar-refractivity contribution in [1.29, 1.82) is 0 Å². The molecule has 0 aromatic heterocycles. The highest BCUT2D eigenvalue weighted by Crippen LogP contribution is 2.43. The van der Waals surface area contributed by atoms with Gasteiger partial charge in [0.05, 0.1) is 33.0 Å². The monoisotopic (exact) mass is 752 g/mol. The summed E-state index contributed by atoms with van der Waals surface area (Å²) in [5.74, 6) is 0. The number of phosphoric acid groups is 1. The fourth-order valence-electron chi connectivity index (χ4n) is 6.46.